The van der Waals surface area contributed by atoms with Gasteiger partial charge in [0.1, 0.15) is 5.82 Å². The number of aliphatic hydroxyl groups excluding tert-OH is 1. The molecule has 0 saturated carbocycles. The van der Waals surface area contributed by atoms with Crippen LogP contribution in [0.15, 0.2) is 36.4 Å². The number of hydrogen-bond acceptors (Lipinski definition) is 7. The Morgan fingerprint density at radius 3 is 2.57 bits per heavy atom. The van der Waals surface area contributed by atoms with Gasteiger partial charge in [0.2, 0.25) is 0 Å². The first kappa shape index (κ1) is 20.2. The summed E-state index contributed by atoms with van der Waals surface area (Å²) in [6.07, 6.45) is 0.541. The minimum atomic E-state index is -0.0989. The highest BCUT2D eigenvalue weighted by Crippen LogP contribution is 2.15. The molecule has 0 aliphatic carbocycles. The van der Waals surface area contributed by atoms with Gasteiger partial charge in [-0.25, -0.2) is 0 Å². The van der Waals surface area contributed by atoms with E-state index in [2.05, 4.69) is 25.3 Å². The van der Waals surface area contributed by atoms with Crippen molar-refractivity contribution < 1.29 is 9.90 Å². The van der Waals surface area contributed by atoms with E-state index in [0.29, 0.717) is 30.7 Å². The molecule has 0 unspecified atom stereocenters. The molecule has 30 heavy (non-hydrogen) atoms. The summed E-state index contributed by atoms with van der Waals surface area (Å²) in [7, 11) is 0. The van der Waals surface area contributed by atoms with Gasteiger partial charge in [0.15, 0.2) is 11.5 Å². The summed E-state index contributed by atoms with van der Waals surface area (Å²) in [5.74, 6) is 1.50. The second-order valence-corrected chi connectivity index (χ2v) is 7.50. The predicted octanol–water partition coefficient (Wildman–Crippen LogP) is 0.520. The molecule has 0 atom stereocenters. The van der Waals surface area contributed by atoms with E-state index < -0.39 is 0 Å². The second-order valence-electron chi connectivity index (χ2n) is 7.50. The lowest BCUT2D eigenvalue weighted by molar-refractivity contribution is 0.0954. The normalized spacial score (nSPS) is 14.9. The number of carbonyl (C=O) groups is 1. The molecule has 1 aromatic carbocycles. The van der Waals surface area contributed by atoms with E-state index >= 15 is 0 Å². The molecule has 1 saturated heterocycles. The number of nitrogens with one attached hydrogen (secondary N) is 1. The van der Waals surface area contributed by atoms with Gasteiger partial charge < -0.3 is 15.3 Å². The number of fused-ring (bicyclic) bond motifs is 1. The minimum absolute atomic E-state index is 0.0989. The standard InChI is InChI=1S/C21H27N7O2/c1-16-2-4-17(5-3-16)21(30)22-9-8-19-24-23-18-6-7-20(25-28(18)19)27-12-10-26(11-13-27)14-15-29/h2-7,29H,8-15H2,1H3,(H,22,30). The molecule has 1 amide bonds. The van der Waals surface area contributed by atoms with Gasteiger partial charge in [-0.1, -0.05) is 17.7 Å². The molecule has 9 nitrogen and oxygen atoms in total. The van der Waals surface area contributed by atoms with Gasteiger partial charge in [-0.2, -0.15) is 4.52 Å². The molecule has 0 bridgehead atoms. The highest BCUT2D eigenvalue weighted by molar-refractivity contribution is 5.94. The number of β-amino-alcohol motifs (C(OH)–C–C–N with tert-alkyl or cyclic N) is 1. The van der Waals surface area contributed by atoms with Crippen LogP contribution in [0.1, 0.15) is 21.7 Å². The number of benzene rings is 1. The molecule has 1 aliphatic rings. The number of aryl methyl sites for hydroxylation is 1. The predicted molar refractivity (Wildman–Crippen MR) is 114 cm³/mol. The van der Waals surface area contributed by atoms with Crippen LogP contribution in [-0.2, 0) is 6.42 Å². The van der Waals surface area contributed by atoms with E-state index in [1.165, 1.54) is 0 Å². The fourth-order valence-corrected chi connectivity index (χ4v) is 3.59. The topological polar surface area (TPSA) is 98.9 Å². The molecule has 2 aromatic heterocycles. The molecule has 2 N–H and O–H groups in total. The summed E-state index contributed by atoms with van der Waals surface area (Å²) in [6.45, 7) is 6.89. The number of piperazine rings is 1. The first-order chi connectivity index (χ1) is 14.6. The Bertz CT molecular complexity index is 994. The number of hydrogen-bond donors (Lipinski definition) is 2. The zero-order valence-corrected chi connectivity index (χ0v) is 17.2. The van der Waals surface area contributed by atoms with Crippen molar-refractivity contribution in [2.24, 2.45) is 0 Å². The summed E-state index contributed by atoms with van der Waals surface area (Å²) >= 11 is 0. The fraction of sp³-hybridized carbons (Fsp3) is 0.429. The van der Waals surface area contributed by atoms with E-state index in [0.717, 1.165) is 43.4 Å². The number of anilines is 1. The number of aliphatic hydroxyl groups is 1. The highest BCUT2D eigenvalue weighted by Gasteiger charge is 2.19. The maximum absolute atomic E-state index is 12.3. The maximum Gasteiger partial charge on any atom is 0.251 e. The van der Waals surface area contributed by atoms with E-state index in [9.17, 15) is 4.79 Å². The van der Waals surface area contributed by atoms with Crippen molar-refractivity contribution in [1.82, 2.24) is 30.0 Å². The van der Waals surface area contributed by atoms with Crippen LogP contribution in [0.25, 0.3) is 5.65 Å². The third-order valence-electron chi connectivity index (χ3n) is 5.37. The summed E-state index contributed by atoms with van der Waals surface area (Å²) in [5, 5.41) is 25.2. The van der Waals surface area contributed by atoms with Crippen LogP contribution in [-0.4, -0.2) is 81.6 Å². The van der Waals surface area contributed by atoms with Crippen LogP contribution >= 0.6 is 0 Å². The van der Waals surface area contributed by atoms with Gasteiger partial charge in [0, 0.05) is 51.3 Å². The molecule has 4 rings (SSSR count). The van der Waals surface area contributed by atoms with Crippen LogP contribution in [0.5, 0.6) is 0 Å². The number of carbonyl (C=O) groups excluding carboxylic acids is 1. The highest BCUT2D eigenvalue weighted by atomic mass is 16.3. The van der Waals surface area contributed by atoms with Crippen LogP contribution in [0.3, 0.4) is 0 Å². The third kappa shape index (κ3) is 4.58. The van der Waals surface area contributed by atoms with Crippen LogP contribution < -0.4 is 10.2 Å². The molecule has 9 heteroatoms. The van der Waals surface area contributed by atoms with Crippen molar-refractivity contribution >= 4 is 17.4 Å². The quantitative estimate of drug-likeness (QED) is 0.587. The van der Waals surface area contributed by atoms with Gasteiger partial charge in [-0.3, -0.25) is 9.69 Å². The molecule has 0 radical (unpaired) electrons. The summed E-state index contributed by atoms with van der Waals surface area (Å²) in [6, 6.07) is 11.4. The van der Waals surface area contributed by atoms with E-state index in [1.54, 1.807) is 4.52 Å². The Balaban J connectivity index is 1.38. The van der Waals surface area contributed by atoms with E-state index in [4.69, 9.17) is 10.2 Å². The lowest BCUT2D eigenvalue weighted by Gasteiger charge is -2.34. The average Bonchev–Trinajstić information content (AvgIpc) is 3.17. The maximum atomic E-state index is 12.3. The monoisotopic (exact) mass is 409 g/mol. The number of amides is 1. The Morgan fingerprint density at radius 2 is 1.83 bits per heavy atom. The summed E-state index contributed by atoms with van der Waals surface area (Å²) < 4.78 is 1.76. The van der Waals surface area contributed by atoms with Crippen molar-refractivity contribution in [2.45, 2.75) is 13.3 Å². The van der Waals surface area contributed by atoms with Crippen molar-refractivity contribution in [3.05, 3.63) is 53.3 Å². The Hall–Kier alpha value is -3.04. The van der Waals surface area contributed by atoms with Gasteiger partial charge in [-0.05, 0) is 31.2 Å². The van der Waals surface area contributed by atoms with Crippen molar-refractivity contribution in [1.29, 1.82) is 0 Å². The smallest absolute Gasteiger partial charge is 0.251 e. The molecular weight excluding hydrogens is 382 g/mol. The first-order valence-corrected chi connectivity index (χ1v) is 10.3. The van der Waals surface area contributed by atoms with Gasteiger partial charge in [0.05, 0.1) is 6.61 Å². The Kier molecular flexibility index (Phi) is 6.20. The number of rotatable bonds is 7. The van der Waals surface area contributed by atoms with Crippen molar-refractivity contribution in [3.8, 4) is 0 Å². The Labute approximate surface area is 175 Å². The number of aromatic nitrogens is 4. The van der Waals surface area contributed by atoms with Crippen LogP contribution in [0, 0.1) is 6.92 Å². The van der Waals surface area contributed by atoms with E-state index in [1.807, 2.05) is 43.3 Å². The zero-order chi connectivity index (χ0) is 20.9. The fourth-order valence-electron chi connectivity index (χ4n) is 3.59. The molecule has 3 aromatic rings. The lowest BCUT2D eigenvalue weighted by atomic mass is 10.1. The van der Waals surface area contributed by atoms with Crippen LogP contribution in [0.2, 0.25) is 0 Å². The van der Waals surface area contributed by atoms with Crippen LogP contribution in [0.4, 0.5) is 5.82 Å². The summed E-state index contributed by atoms with van der Waals surface area (Å²) in [5.41, 5.74) is 2.46. The van der Waals surface area contributed by atoms with Gasteiger partial charge in [0.25, 0.3) is 5.91 Å². The molecular formula is C21H27N7O2. The second kappa shape index (κ2) is 9.19. The molecule has 1 fully saturated rings. The Morgan fingerprint density at radius 1 is 1.07 bits per heavy atom. The van der Waals surface area contributed by atoms with Gasteiger partial charge >= 0.3 is 0 Å². The zero-order valence-electron chi connectivity index (χ0n) is 17.2. The first-order valence-electron chi connectivity index (χ1n) is 10.3. The summed E-state index contributed by atoms with van der Waals surface area (Å²) in [4.78, 5) is 16.8. The third-order valence-corrected chi connectivity index (χ3v) is 5.37. The lowest BCUT2D eigenvalue weighted by Crippen LogP contribution is -2.47. The molecule has 158 valence electrons. The number of nitrogens with zero attached hydrogens (tertiary/aromatic N) is 6. The molecule has 0 spiro atoms. The SMILES string of the molecule is Cc1ccc(C(=O)NCCc2nnc3ccc(N4CCN(CCO)CC4)nn23)cc1. The van der Waals surface area contributed by atoms with E-state index in [-0.39, 0.29) is 12.5 Å². The minimum Gasteiger partial charge on any atom is -0.395 e. The average molecular weight is 409 g/mol. The molecule has 1 aliphatic heterocycles. The largest absolute Gasteiger partial charge is 0.395 e. The van der Waals surface area contributed by atoms with Crippen molar-refractivity contribution in [2.75, 3.05) is 50.8 Å². The van der Waals surface area contributed by atoms with Gasteiger partial charge in [-0.15, -0.1) is 15.3 Å². The molecule has 3 heterocycles. The van der Waals surface area contributed by atoms with Crippen molar-refractivity contribution in [3.63, 3.8) is 0 Å².